The Bertz CT molecular complexity index is 953. The van der Waals surface area contributed by atoms with Crippen LogP contribution in [0.3, 0.4) is 0 Å². The fourth-order valence-electron chi connectivity index (χ4n) is 3.04. The Morgan fingerprint density at radius 3 is 2.30 bits per heavy atom. The summed E-state index contributed by atoms with van der Waals surface area (Å²) < 4.78 is 27.4. The van der Waals surface area contributed by atoms with Gasteiger partial charge in [0.1, 0.15) is 6.04 Å². The monoisotopic (exact) mass is 388 g/mol. The number of carboxylic acids is 1. The molecule has 1 atom stereocenters. The summed E-state index contributed by atoms with van der Waals surface area (Å²) in [5, 5.41) is 9.21. The minimum absolute atomic E-state index is 0.0239. The summed E-state index contributed by atoms with van der Waals surface area (Å²) >= 11 is 0. The molecule has 1 aliphatic rings. The van der Waals surface area contributed by atoms with E-state index in [1.165, 1.54) is 29.2 Å². The Labute approximate surface area is 157 Å². The Balaban J connectivity index is 1.77. The summed E-state index contributed by atoms with van der Waals surface area (Å²) in [5.41, 5.74) is 1.72. The molecule has 8 heteroatoms. The van der Waals surface area contributed by atoms with E-state index in [1.54, 1.807) is 24.3 Å². The Kier molecular flexibility index (Phi) is 5.18. The summed E-state index contributed by atoms with van der Waals surface area (Å²) in [6, 6.07) is 11.6. The molecule has 142 valence electrons. The van der Waals surface area contributed by atoms with Gasteiger partial charge in [0.25, 0.3) is 15.9 Å². The number of hydrogen-bond acceptors (Lipinski definition) is 4. The number of sulfonamides is 1. The normalized spacial score (nSPS) is 16.9. The highest BCUT2D eigenvalue weighted by Gasteiger charge is 2.34. The zero-order chi connectivity index (χ0) is 19.6. The van der Waals surface area contributed by atoms with Gasteiger partial charge < -0.3 is 10.0 Å². The Morgan fingerprint density at radius 1 is 1.07 bits per heavy atom. The van der Waals surface area contributed by atoms with Gasteiger partial charge in [-0.3, -0.25) is 9.52 Å². The average Bonchev–Trinajstić information content (AvgIpc) is 3.13. The number of nitrogens with one attached hydrogen (secondary N) is 1. The topological polar surface area (TPSA) is 104 Å². The molecule has 2 aromatic rings. The SMILES string of the molecule is Cc1ccc(NS(=O)(=O)c2ccc(C(=O)N3CCCC3C(=O)O)cc2)cc1. The van der Waals surface area contributed by atoms with Gasteiger partial charge in [-0.05, 0) is 56.2 Å². The number of nitrogens with zero attached hydrogens (tertiary/aromatic N) is 1. The fraction of sp³-hybridized carbons (Fsp3) is 0.263. The van der Waals surface area contributed by atoms with Crippen LogP contribution in [0.2, 0.25) is 0 Å². The van der Waals surface area contributed by atoms with Gasteiger partial charge in [0.15, 0.2) is 0 Å². The number of carbonyl (C=O) groups is 2. The second-order valence-corrected chi connectivity index (χ2v) is 8.17. The van der Waals surface area contributed by atoms with E-state index in [0.29, 0.717) is 25.1 Å². The summed E-state index contributed by atoms with van der Waals surface area (Å²) in [6.45, 7) is 2.29. The number of amides is 1. The molecule has 1 saturated heterocycles. The van der Waals surface area contributed by atoms with Crippen molar-refractivity contribution in [2.75, 3.05) is 11.3 Å². The second-order valence-electron chi connectivity index (χ2n) is 6.49. The van der Waals surface area contributed by atoms with Gasteiger partial charge in [-0.1, -0.05) is 17.7 Å². The first-order valence-electron chi connectivity index (χ1n) is 8.51. The number of anilines is 1. The van der Waals surface area contributed by atoms with Crippen molar-refractivity contribution >= 4 is 27.6 Å². The van der Waals surface area contributed by atoms with Crippen molar-refractivity contribution < 1.29 is 23.1 Å². The van der Waals surface area contributed by atoms with E-state index in [2.05, 4.69) is 4.72 Å². The third-order valence-electron chi connectivity index (χ3n) is 4.51. The van der Waals surface area contributed by atoms with E-state index in [1.807, 2.05) is 6.92 Å². The van der Waals surface area contributed by atoms with Crippen molar-refractivity contribution in [1.82, 2.24) is 4.90 Å². The van der Waals surface area contributed by atoms with Crippen LogP contribution in [0.4, 0.5) is 5.69 Å². The number of carbonyl (C=O) groups excluding carboxylic acids is 1. The predicted molar refractivity (Wildman–Crippen MR) is 100 cm³/mol. The molecule has 2 aromatic carbocycles. The van der Waals surface area contributed by atoms with Crippen LogP contribution >= 0.6 is 0 Å². The molecule has 0 radical (unpaired) electrons. The number of rotatable bonds is 5. The lowest BCUT2D eigenvalue weighted by atomic mass is 10.1. The molecule has 1 aliphatic heterocycles. The maximum atomic E-state index is 12.5. The summed E-state index contributed by atoms with van der Waals surface area (Å²) in [4.78, 5) is 25.1. The van der Waals surface area contributed by atoms with Crippen LogP contribution in [0.15, 0.2) is 53.4 Å². The van der Waals surface area contributed by atoms with Crippen molar-refractivity contribution in [1.29, 1.82) is 0 Å². The minimum atomic E-state index is -3.78. The molecule has 1 fully saturated rings. The molecule has 27 heavy (non-hydrogen) atoms. The van der Waals surface area contributed by atoms with Crippen molar-refractivity contribution in [2.45, 2.75) is 30.7 Å². The van der Waals surface area contributed by atoms with Gasteiger partial charge in [-0.2, -0.15) is 0 Å². The van der Waals surface area contributed by atoms with Crippen LogP contribution in [0, 0.1) is 6.92 Å². The van der Waals surface area contributed by atoms with Gasteiger partial charge in [0, 0.05) is 17.8 Å². The van der Waals surface area contributed by atoms with Crippen LogP contribution in [-0.2, 0) is 14.8 Å². The summed E-state index contributed by atoms with van der Waals surface area (Å²) in [6.07, 6.45) is 1.06. The number of likely N-dealkylation sites (tertiary alicyclic amines) is 1. The molecule has 0 spiro atoms. The molecule has 1 heterocycles. The first kappa shape index (κ1) is 18.9. The Hall–Kier alpha value is -2.87. The minimum Gasteiger partial charge on any atom is -0.480 e. The zero-order valence-electron chi connectivity index (χ0n) is 14.8. The van der Waals surface area contributed by atoms with Gasteiger partial charge in [0.05, 0.1) is 4.90 Å². The van der Waals surface area contributed by atoms with Gasteiger partial charge in [-0.25, -0.2) is 13.2 Å². The van der Waals surface area contributed by atoms with Crippen LogP contribution in [0.25, 0.3) is 0 Å². The van der Waals surface area contributed by atoms with Gasteiger partial charge in [0.2, 0.25) is 0 Å². The van der Waals surface area contributed by atoms with Crippen molar-refractivity contribution in [3.8, 4) is 0 Å². The third-order valence-corrected chi connectivity index (χ3v) is 5.91. The molecule has 0 aliphatic carbocycles. The molecule has 7 nitrogen and oxygen atoms in total. The van der Waals surface area contributed by atoms with Crippen molar-refractivity contribution in [3.05, 3.63) is 59.7 Å². The first-order valence-corrected chi connectivity index (χ1v) is 9.99. The molecule has 0 bridgehead atoms. The highest BCUT2D eigenvalue weighted by atomic mass is 32.2. The van der Waals surface area contributed by atoms with Crippen LogP contribution < -0.4 is 4.72 Å². The standard InChI is InChI=1S/C19H20N2O5S/c1-13-4-8-15(9-5-13)20-27(25,26)16-10-6-14(7-11-16)18(22)21-12-2-3-17(21)19(23)24/h4-11,17,20H,2-3,12H2,1H3,(H,23,24). The lowest BCUT2D eigenvalue weighted by molar-refractivity contribution is -0.141. The number of aliphatic carboxylic acids is 1. The van der Waals surface area contributed by atoms with Crippen molar-refractivity contribution in [3.63, 3.8) is 0 Å². The molecular weight excluding hydrogens is 368 g/mol. The zero-order valence-corrected chi connectivity index (χ0v) is 15.6. The fourth-order valence-corrected chi connectivity index (χ4v) is 4.10. The highest BCUT2D eigenvalue weighted by Crippen LogP contribution is 2.22. The van der Waals surface area contributed by atoms with E-state index in [0.717, 1.165) is 5.56 Å². The van der Waals surface area contributed by atoms with E-state index >= 15 is 0 Å². The quantitative estimate of drug-likeness (QED) is 0.819. The van der Waals surface area contributed by atoms with Crippen LogP contribution in [-0.4, -0.2) is 42.9 Å². The lowest BCUT2D eigenvalue weighted by Gasteiger charge is -2.21. The van der Waals surface area contributed by atoms with E-state index < -0.39 is 27.9 Å². The van der Waals surface area contributed by atoms with E-state index in [4.69, 9.17) is 0 Å². The molecular formula is C19H20N2O5S. The van der Waals surface area contributed by atoms with Crippen LogP contribution in [0.5, 0.6) is 0 Å². The second kappa shape index (κ2) is 7.40. The predicted octanol–water partition coefficient (Wildman–Crippen LogP) is 2.49. The maximum absolute atomic E-state index is 12.5. The molecule has 2 N–H and O–H groups in total. The van der Waals surface area contributed by atoms with Gasteiger partial charge in [-0.15, -0.1) is 0 Å². The Morgan fingerprint density at radius 2 is 1.70 bits per heavy atom. The van der Waals surface area contributed by atoms with Crippen molar-refractivity contribution in [2.24, 2.45) is 0 Å². The average molecular weight is 388 g/mol. The number of benzene rings is 2. The summed E-state index contributed by atoms with van der Waals surface area (Å²) in [7, 11) is -3.78. The highest BCUT2D eigenvalue weighted by molar-refractivity contribution is 7.92. The molecule has 1 amide bonds. The number of hydrogen-bond donors (Lipinski definition) is 2. The molecule has 0 saturated carbocycles. The van der Waals surface area contributed by atoms with E-state index in [-0.39, 0.29) is 10.5 Å². The third kappa shape index (κ3) is 4.11. The smallest absolute Gasteiger partial charge is 0.326 e. The summed E-state index contributed by atoms with van der Waals surface area (Å²) in [5.74, 6) is -1.43. The number of carboxylic acid groups (broad SMARTS) is 1. The van der Waals surface area contributed by atoms with E-state index in [9.17, 15) is 23.1 Å². The van der Waals surface area contributed by atoms with Gasteiger partial charge >= 0.3 is 5.97 Å². The van der Waals surface area contributed by atoms with Crippen LogP contribution in [0.1, 0.15) is 28.8 Å². The molecule has 1 unspecified atom stereocenters. The number of aryl methyl sites for hydroxylation is 1. The largest absolute Gasteiger partial charge is 0.480 e. The molecule has 0 aromatic heterocycles. The molecule has 3 rings (SSSR count). The maximum Gasteiger partial charge on any atom is 0.326 e. The lowest BCUT2D eigenvalue weighted by Crippen LogP contribution is -2.40. The first-order chi connectivity index (χ1) is 12.8.